The van der Waals surface area contributed by atoms with E-state index in [1.165, 1.54) is 32.5 Å². The number of piperazine rings is 1. The third-order valence-electron chi connectivity index (χ3n) is 3.30. The molecule has 2 unspecified atom stereocenters. The van der Waals surface area contributed by atoms with Gasteiger partial charge in [0, 0.05) is 31.7 Å². The van der Waals surface area contributed by atoms with Crippen molar-refractivity contribution >= 4 is 0 Å². The van der Waals surface area contributed by atoms with E-state index in [-0.39, 0.29) is 0 Å². The van der Waals surface area contributed by atoms with Gasteiger partial charge in [-0.15, -0.1) is 0 Å². The summed E-state index contributed by atoms with van der Waals surface area (Å²) in [4.78, 5) is 2.69. The first-order chi connectivity index (χ1) is 6.65. The Labute approximate surface area is 89.1 Å². The maximum atomic E-state index is 3.51. The quantitative estimate of drug-likeness (QED) is 0.744. The van der Waals surface area contributed by atoms with Crippen LogP contribution in [-0.2, 0) is 0 Å². The van der Waals surface area contributed by atoms with Crippen molar-refractivity contribution in [2.75, 3.05) is 19.6 Å². The number of nitrogens with one attached hydrogen (secondary N) is 1. The van der Waals surface area contributed by atoms with Crippen LogP contribution in [0.25, 0.3) is 0 Å². The van der Waals surface area contributed by atoms with E-state index in [9.17, 15) is 0 Å². The minimum absolute atomic E-state index is 0.751. The summed E-state index contributed by atoms with van der Waals surface area (Å²) in [7, 11) is 0. The predicted molar refractivity (Wildman–Crippen MR) is 62.6 cm³/mol. The fourth-order valence-corrected chi connectivity index (χ4v) is 2.35. The second-order valence-corrected chi connectivity index (χ2v) is 4.98. The highest BCUT2D eigenvalue weighted by molar-refractivity contribution is 4.83. The minimum atomic E-state index is 0.751. The molecule has 1 heterocycles. The highest BCUT2D eigenvalue weighted by atomic mass is 15.2. The Hall–Kier alpha value is -0.0800. The summed E-state index contributed by atoms with van der Waals surface area (Å²) in [6.45, 7) is 12.9. The van der Waals surface area contributed by atoms with Gasteiger partial charge in [0.1, 0.15) is 0 Å². The van der Waals surface area contributed by atoms with Crippen LogP contribution in [0.15, 0.2) is 0 Å². The number of hydrogen-bond acceptors (Lipinski definition) is 2. The minimum Gasteiger partial charge on any atom is -0.314 e. The molecule has 0 radical (unpaired) electrons. The van der Waals surface area contributed by atoms with Gasteiger partial charge in [0.25, 0.3) is 0 Å². The normalized spacial score (nSPS) is 26.8. The first kappa shape index (κ1) is 12.0. The number of hydrogen-bond donors (Lipinski definition) is 1. The lowest BCUT2D eigenvalue weighted by Crippen LogP contribution is -2.54. The van der Waals surface area contributed by atoms with Crippen LogP contribution in [-0.4, -0.2) is 36.6 Å². The van der Waals surface area contributed by atoms with Crippen LogP contribution < -0.4 is 5.32 Å². The molecular weight excluding hydrogens is 172 g/mol. The first-order valence-corrected chi connectivity index (χ1v) is 6.11. The first-order valence-electron chi connectivity index (χ1n) is 6.11. The van der Waals surface area contributed by atoms with Crippen molar-refractivity contribution in [1.29, 1.82) is 0 Å². The Balaban J connectivity index is 2.49. The van der Waals surface area contributed by atoms with Crippen molar-refractivity contribution in [3.8, 4) is 0 Å². The molecule has 1 saturated heterocycles. The average molecular weight is 198 g/mol. The molecule has 0 aromatic carbocycles. The molecule has 1 aliphatic heterocycles. The van der Waals surface area contributed by atoms with Gasteiger partial charge in [0.05, 0.1) is 0 Å². The van der Waals surface area contributed by atoms with E-state index in [1.54, 1.807) is 0 Å². The zero-order valence-corrected chi connectivity index (χ0v) is 10.2. The molecule has 1 fully saturated rings. The van der Waals surface area contributed by atoms with Crippen LogP contribution >= 0.6 is 0 Å². The number of nitrogens with zero attached hydrogens (tertiary/aromatic N) is 1. The van der Waals surface area contributed by atoms with Gasteiger partial charge in [0.15, 0.2) is 0 Å². The van der Waals surface area contributed by atoms with Gasteiger partial charge in [-0.1, -0.05) is 20.8 Å². The molecule has 0 bridgehead atoms. The third kappa shape index (κ3) is 3.25. The van der Waals surface area contributed by atoms with Crippen LogP contribution in [0, 0.1) is 5.92 Å². The summed E-state index contributed by atoms with van der Waals surface area (Å²) in [5.74, 6) is 0.812. The molecule has 0 amide bonds. The van der Waals surface area contributed by atoms with Crippen molar-refractivity contribution in [1.82, 2.24) is 10.2 Å². The van der Waals surface area contributed by atoms with Crippen LogP contribution in [0.1, 0.15) is 40.5 Å². The van der Waals surface area contributed by atoms with E-state index >= 15 is 0 Å². The molecule has 14 heavy (non-hydrogen) atoms. The van der Waals surface area contributed by atoms with E-state index in [0.29, 0.717) is 0 Å². The van der Waals surface area contributed by atoms with Crippen LogP contribution in [0.5, 0.6) is 0 Å². The lowest BCUT2D eigenvalue weighted by atomic mass is 9.99. The maximum absolute atomic E-state index is 3.51. The largest absolute Gasteiger partial charge is 0.314 e. The van der Waals surface area contributed by atoms with Crippen LogP contribution in [0.3, 0.4) is 0 Å². The molecule has 0 aliphatic carbocycles. The van der Waals surface area contributed by atoms with E-state index in [1.807, 2.05) is 0 Å². The highest BCUT2D eigenvalue weighted by Crippen LogP contribution is 2.17. The van der Waals surface area contributed by atoms with Gasteiger partial charge in [-0.25, -0.2) is 0 Å². The van der Waals surface area contributed by atoms with Gasteiger partial charge >= 0.3 is 0 Å². The van der Waals surface area contributed by atoms with Crippen LogP contribution in [0.4, 0.5) is 0 Å². The zero-order valence-electron chi connectivity index (χ0n) is 10.2. The van der Waals surface area contributed by atoms with Gasteiger partial charge in [-0.05, 0) is 25.7 Å². The Morgan fingerprint density at radius 3 is 2.64 bits per heavy atom. The molecule has 1 N–H and O–H groups in total. The molecule has 1 rings (SSSR count). The second-order valence-electron chi connectivity index (χ2n) is 4.98. The number of rotatable bonds is 4. The van der Waals surface area contributed by atoms with E-state index in [0.717, 1.165) is 18.0 Å². The van der Waals surface area contributed by atoms with E-state index < -0.39 is 0 Å². The zero-order chi connectivity index (χ0) is 10.6. The van der Waals surface area contributed by atoms with Crippen molar-refractivity contribution in [3.05, 3.63) is 0 Å². The van der Waals surface area contributed by atoms with E-state index in [4.69, 9.17) is 0 Å². The molecule has 0 saturated carbocycles. The van der Waals surface area contributed by atoms with Crippen molar-refractivity contribution in [2.24, 2.45) is 5.92 Å². The molecule has 2 nitrogen and oxygen atoms in total. The second kappa shape index (κ2) is 5.72. The van der Waals surface area contributed by atoms with Gasteiger partial charge in [-0.3, -0.25) is 4.90 Å². The topological polar surface area (TPSA) is 15.3 Å². The third-order valence-corrected chi connectivity index (χ3v) is 3.30. The van der Waals surface area contributed by atoms with Crippen LogP contribution in [0.2, 0.25) is 0 Å². The molecule has 0 spiro atoms. The molecule has 2 heteroatoms. The van der Waals surface area contributed by atoms with E-state index in [2.05, 4.69) is 37.9 Å². The Morgan fingerprint density at radius 1 is 1.36 bits per heavy atom. The lowest BCUT2D eigenvalue weighted by molar-refractivity contribution is 0.0976. The van der Waals surface area contributed by atoms with Gasteiger partial charge in [-0.2, -0.15) is 0 Å². The molecule has 84 valence electrons. The predicted octanol–water partition coefficient (Wildman–Crippen LogP) is 2.10. The standard InChI is InChI=1S/C12H26N2/c1-5-11(4)14-7-6-13-9-12(14)8-10(2)3/h10-13H,5-9H2,1-4H3. The van der Waals surface area contributed by atoms with Gasteiger partial charge in [0.2, 0.25) is 0 Å². The van der Waals surface area contributed by atoms with Crippen molar-refractivity contribution in [3.63, 3.8) is 0 Å². The van der Waals surface area contributed by atoms with Crippen molar-refractivity contribution < 1.29 is 0 Å². The average Bonchev–Trinajstić information content (AvgIpc) is 2.16. The van der Waals surface area contributed by atoms with Crippen molar-refractivity contribution in [2.45, 2.75) is 52.6 Å². The Kier molecular flexibility index (Phi) is 4.90. The molecule has 0 aromatic rings. The molecule has 0 aromatic heterocycles. The molecular formula is C12H26N2. The fourth-order valence-electron chi connectivity index (χ4n) is 2.35. The monoisotopic (exact) mass is 198 g/mol. The van der Waals surface area contributed by atoms with Gasteiger partial charge < -0.3 is 5.32 Å². The summed E-state index contributed by atoms with van der Waals surface area (Å²) in [6, 6.07) is 1.51. The summed E-state index contributed by atoms with van der Waals surface area (Å²) in [5, 5.41) is 3.51. The summed E-state index contributed by atoms with van der Waals surface area (Å²) in [5.41, 5.74) is 0. The summed E-state index contributed by atoms with van der Waals surface area (Å²) in [6.07, 6.45) is 2.60. The fraction of sp³-hybridized carbons (Fsp3) is 1.00. The Bertz CT molecular complexity index is 156. The summed E-state index contributed by atoms with van der Waals surface area (Å²) >= 11 is 0. The highest BCUT2D eigenvalue weighted by Gasteiger charge is 2.25. The Morgan fingerprint density at radius 2 is 2.07 bits per heavy atom. The lowest BCUT2D eigenvalue weighted by Gasteiger charge is -2.40. The maximum Gasteiger partial charge on any atom is 0.0226 e. The SMILES string of the molecule is CCC(C)N1CCNCC1CC(C)C. The molecule has 1 aliphatic rings. The smallest absolute Gasteiger partial charge is 0.0226 e. The molecule has 2 atom stereocenters. The summed E-state index contributed by atoms with van der Waals surface area (Å²) < 4.78 is 0.